The molecular formula is C6H20KNO7S. The first kappa shape index (κ1) is 36.0. The van der Waals surface area contributed by atoms with E-state index in [0.29, 0.717) is 5.88 Å². The maximum absolute atomic E-state index is 10.4. The van der Waals surface area contributed by atoms with Crippen molar-refractivity contribution < 1.29 is 88.7 Å². The van der Waals surface area contributed by atoms with Gasteiger partial charge in [-0.3, -0.25) is 0 Å². The van der Waals surface area contributed by atoms with Crippen LogP contribution in [0.3, 0.4) is 0 Å². The molecule has 1 atom stereocenters. The Hall–Kier alpha value is 1.22. The predicted octanol–water partition coefficient (Wildman–Crippen LogP) is -7.94. The van der Waals surface area contributed by atoms with Gasteiger partial charge in [0.2, 0.25) is 0 Å². The third-order valence-corrected chi connectivity index (χ3v) is 3.07. The molecule has 1 aliphatic heterocycles. The molecule has 0 aliphatic carbocycles. The second kappa shape index (κ2) is 14.3. The Bertz CT molecular complexity index is 171. The molecule has 8 nitrogen and oxygen atoms in total. The Balaban J connectivity index is -0.0000000417. The van der Waals surface area contributed by atoms with Crippen LogP contribution in [0, 0.1) is 0 Å². The van der Waals surface area contributed by atoms with Crippen molar-refractivity contribution >= 4 is 17.7 Å². The summed E-state index contributed by atoms with van der Waals surface area (Å²) in [5.74, 6) is -0.272. The summed E-state index contributed by atoms with van der Waals surface area (Å²) >= 11 is 1.38. The minimum atomic E-state index is -0.972. The van der Waals surface area contributed by atoms with Crippen molar-refractivity contribution in [3.05, 3.63) is 0 Å². The topological polar surface area (TPSA) is 210 Å². The van der Waals surface area contributed by atoms with Crippen molar-refractivity contribution in [1.82, 2.24) is 5.32 Å². The van der Waals surface area contributed by atoms with E-state index in [4.69, 9.17) is 0 Å². The molecular weight excluding hydrogens is 269 g/mol. The first-order valence-corrected chi connectivity index (χ1v) is 4.16. The number of carbonyl (C=O) groups is 1. The van der Waals surface area contributed by atoms with Crippen LogP contribution >= 0.6 is 11.8 Å². The molecule has 1 unspecified atom stereocenters. The fraction of sp³-hybridized carbons (Fsp3) is 0.833. The smallest absolute Gasteiger partial charge is 0.549 e. The molecule has 0 radical (unpaired) electrons. The van der Waals surface area contributed by atoms with Crippen molar-refractivity contribution in [2.24, 2.45) is 0 Å². The van der Waals surface area contributed by atoms with E-state index in [-0.39, 0.29) is 84.3 Å². The molecule has 1 saturated heterocycles. The summed E-state index contributed by atoms with van der Waals surface area (Å²) < 4.78 is 0. The van der Waals surface area contributed by atoms with E-state index in [0.717, 1.165) is 0 Å². The molecule has 0 amide bonds. The van der Waals surface area contributed by atoms with Gasteiger partial charge in [-0.1, -0.05) is 0 Å². The molecule has 0 aromatic rings. The molecule has 98 valence electrons. The molecule has 0 aromatic heterocycles. The number of hydrogen-bond donors (Lipinski definition) is 1. The zero-order chi connectivity index (χ0) is 7.78. The largest absolute Gasteiger partial charge is 1.00 e. The molecule has 1 heterocycles. The number of carbonyl (C=O) groups excluding carboxylic acids is 1. The van der Waals surface area contributed by atoms with Crippen molar-refractivity contribution in [1.29, 1.82) is 0 Å². The first-order chi connectivity index (χ1) is 4.54. The van der Waals surface area contributed by atoms with Crippen LogP contribution in [0.25, 0.3) is 0 Å². The van der Waals surface area contributed by atoms with E-state index in [2.05, 4.69) is 5.32 Å². The van der Waals surface area contributed by atoms with E-state index in [1.807, 2.05) is 13.8 Å². The number of rotatable bonds is 1. The Morgan fingerprint density at radius 3 is 1.75 bits per heavy atom. The van der Waals surface area contributed by atoms with Crippen molar-refractivity contribution in [2.75, 3.05) is 5.88 Å². The van der Waals surface area contributed by atoms with Gasteiger partial charge in [0.05, 0.1) is 11.2 Å². The van der Waals surface area contributed by atoms with Crippen LogP contribution in [0.1, 0.15) is 13.8 Å². The van der Waals surface area contributed by atoms with Crippen LogP contribution in [0.2, 0.25) is 0 Å². The SMILES string of the molecule is CC1(C)NCSC1C(=O)[O-].O.O.O.O.O.[K+]. The van der Waals surface area contributed by atoms with E-state index in [1.165, 1.54) is 11.8 Å². The number of carboxylic acids is 1. The molecule has 0 spiro atoms. The van der Waals surface area contributed by atoms with Crippen molar-refractivity contribution in [2.45, 2.75) is 24.6 Å². The maximum Gasteiger partial charge on any atom is 1.00 e. The number of thioether (sulfide) groups is 1. The molecule has 0 bridgehead atoms. The molecule has 11 N–H and O–H groups in total. The summed E-state index contributed by atoms with van der Waals surface area (Å²) in [5, 5.41) is 13.1. The van der Waals surface area contributed by atoms with Crippen LogP contribution in [0.5, 0.6) is 0 Å². The average Bonchev–Trinajstić information content (AvgIpc) is 2.08. The van der Waals surface area contributed by atoms with Crippen LogP contribution in [0.15, 0.2) is 0 Å². The fourth-order valence-electron chi connectivity index (χ4n) is 0.975. The van der Waals surface area contributed by atoms with Crippen LogP contribution in [-0.4, -0.2) is 50.0 Å². The van der Waals surface area contributed by atoms with Crippen LogP contribution in [0.4, 0.5) is 0 Å². The van der Waals surface area contributed by atoms with Gasteiger partial charge < -0.3 is 42.6 Å². The van der Waals surface area contributed by atoms with E-state index < -0.39 is 11.2 Å². The van der Waals surface area contributed by atoms with Crippen molar-refractivity contribution in [3.63, 3.8) is 0 Å². The van der Waals surface area contributed by atoms with E-state index >= 15 is 0 Å². The Morgan fingerprint density at radius 1 is 1.25 bits per heavy atom. The van der Waals surface area contributed by atoms with E-state index in [9.17, 15) is 9.90 Å². The number of hydrogen-bond acceptors (Lipinski definition) is 4. The number of nitrogens with one attached hydrogen (secondary N) is 1. The average molecular weight is 289 g/mol. The van der Waals surface area contributed by atoms with Gasteiger partial charge in [0, 0.05) is 11.4 Å². The predicted molar refractivity (Wildman–Crippen MR) is 56.5 cm³/mol. The van der Waals surface area contributed by atoms with Crippen molar-refractivity contribution in [3.8, 4) is 0 Å². The molecule has 16 heavy (non-hydrogen) atoms. The monoisotopic (exact) mass is 289 g/mol. The summed E-state index contributed by atoms with van der Waals surface area (Å²) in [5.41, 5.74) is -0.316. The molecule has 1 aliphatic rings. The van der Waals surface area contributed by atoms with Crippen LogP contribution in [-0.2, 0) is 4.79 Å². The normalized spacial score (nSPS) is 19.0. The minimum Gasteiger partial charge on any atom is -0.549 e. The fourth-order valence-corrected chi connectivity index (χ4v) is 2.23. The number of aliphatic carboxylic acids is 1. The number of carboxylic acid groups (broad SMARTS) is 1. The zero-order valence-corrected chi connectivity index (χ0v) is 13.4. The van der Waals surface area contributed by atoms with Crippen LogP contribution < -0.4 is 61.8 Å². The van der Waals surface area contributed by atoms with Gasteiger partial charge in [-0.05, 0) is 13.8 Å². The minimum absolute atomic E-state index is 0. The second-order valence-electron chi connectivity index (χ2n) is 2.91. The summed E-state index contributed by atoms with van der Waals surface area (Å²) in [4.78, 5) is 10.4. The molecule has 1 rings (SSSR count). The third kappa shape index (κ3) is 9.27. The van der Waals surface area contributed by atoms with Gasteiger partial charge in [0.25, 0.3) is 0 Å². The second-order valence-corrected chi connectivity index (χ2v) is 4.00. The maximum atomic E-state index is 10.4. The van der Waals surface area contributed by atoms with Gasteiger partial charge >= 0.3 is 51.4 Å². The van der Waals surface area contributed by atoms with E-state index in [1.54, 1.807) is 0 Å². The standard InChI is InChI=1S/C6H11NO2S.K.5H2O/c1-6(2)4(5(8)9)10-3-7-6;;;;;;/h4,7H,3H2,1-2H3,(H,8,9);;5*1H2/q;+1;;;;;/p-1. The first-order valence-electron chi connectivity index (χ1n) is 3.11. The Kier molecular flexibility index (Phi) is 32.1. The molecule has 0 saturated carbocycles. The van der Waals surface area contributed by atoms with Gasteiger partial charge in [-0.25, -0.2) is 0 Å². The zero-order valence-electron chi connectivity index (χ0n) is 9.51. The van der Waals surface area contributed by atoms with Gasteiger partial charge in [0.1, 0.15) is 0 Å². The molecule has 0 aromatic carbocycles. The summed E-state index contributed by atoms with van der Waals surface area (Å²) in [7, 11) is 0. The summed E-state index contributed by atoms with van der Waals surface area (Å²) in [6.07, 6.45) is 0. The summed E-state index contributed by atoms with van der Waals surface area (Å²) in [6.45, 7) is 3.74. The van der Waals surface area contributed by atoms with Gasteiger partial charge in [-0.15, -0.1) is 11.8 Å². The Labute approximate surface area is 141 Å². The molecule has 10 heteroatoms. The summed E-state index contributed by atoms with van der Waals surface area (Å²) in [6, 6.07) is 0. The third-order valence-electron chi connectivity index (χ3n) is 1.65. The van der Waals surface area contributed by atoms with Gasteiger partial charge in [-0.2, -0.15) is 0 Å². The van der Waals surface area contributed by atoms with Gasteiger partial charge in [0.15, 0.2) is 0 Å². The quantitative estimate of drug-likeness (QED) is 0.465. The Morgan fingerprint density at radius 2 is 1.62 bits per heavy atom. The molecule has 1 fully saturated rings.